The van der Waals surface area contributed by atoms with Crippen molar-refractivity contribution in [2.75, 3.05) is 33.3 Å². The third-order valence-electron chi connectivity index (χ3n) is 10.9. The molecule has 2 aliphatic heterocycles. The van der Waals surface area contributed by atoms with Gasteiger partial charge in [-0.3, -0.25) is 19.1 Å². The molecule has 2 aromatic carbocycles. The number of nitrogens with zero attached hydrogens (tertiary/aromatic N) is 7. The topological polar surface area (TPSA) is 139 Å². The number of hydrogen-bond acceptors (Lipinski definition) is 10. The minimum Gasteiger partial charge on any atom is -0.481 e. The van der Waals surface area contributed by atoms with E-state index in [2.05, 4.69) is 32.0 Å². The van der Waals surface area contributed by atoms with Crippen LogP contribution >= 0.6 is 11.3 Å². The van der Waals surface area contributed by atoms with Gasteiger partial charge in [-0.2, -0.15) is 0 Å². The number of aromatic nitrogens is 5. The van der Waals surface area contributed by atoms with E-state index in [4.69, 9.17) is 4.74 Å². The highest BCUT2D eigenvalue weighted by Crippen LogP contribution is 2.37. The summed E-state index contributed by atoms with van der Waals surface area (Å²) in [5, 5.41) is 22.6. The monoisotopic (exact) mass is 745 g/mol. The SMILES string of the molecule is COc1ccc(-c2ncc(CN3CC[C@@H](C(=O)N4CCC(O)(Cn5cnc6c(ccn6-c6cccc(CO)c6)c5=O)CC4)[C@H](c4ccccc4)C3)s2)cn1. The Morgan fingerprint density at radius 1 is 0.981 bits per heavy atom. The number of ether oxygens (including phenoxy) is 1. The van der Waals surface area contributed by atoms with Gasteiger partial charge in [-0.1, -0.05) is 42.5 Å². The summed E-state index contributed by atoms with van der Waals surface area (Å²) in [5.41, 5.74) is 2.81. The van der Waals surface area contributed by atoms with Crippen molar-refractivity contribution in [2.45, 2.75) is 50.5 Å². The molecule has 278 valence electrons. The summed E-state index contributed by atoms with van der Waals surface area (Å²) in [6.45, 7) is 3.16. The molecule has 54 heavy (non-hydrogen) atoms. The normalized spacial score (nSPS) is 18.9. The first-order valence-corrected chi connectivity index (χ1v) is 19.1. The summed E-state index contributed by atoms with van der Waals surface area (Å²) in [6.07, 6.45) is 8.47. The fourth-order valence-corrected chi connectivity index (χ4v) is 8.84. The molecule has 0 bridgehead atoms. The van der Waals surface area contributed by atoms with Crippen LogP contribution in [0.3, 0.4) is 0 Å². The summed E-state index contributed by atoms with van der Waals surface area (Å²) in [5.74, 6) is 0.553. The number of carbonyl (C=O) groups excluding carboxylic acids is 1. The minimum absolute atomic E-state index is 0.0289. The van der Waals surface area contributed by atoms with Crippen molar-refractivity contribution >= 4 is 28.3 Å². The van der Waals surface area contributed by atoms with E-state index < -0.39 is 5.60 Å². The zero-order chi connectivity index (χ0) is 37.2. The molecular formula is C41H43N7O5S. The Hall–Kier alpha value is -5.21. The van der Waals surface area contributed by atoms with E-state index in [0.717, 1.165) is 58.3 Å². The summed E-state index contributed by atoms with van der Waals surface area (Å²) in [6, 6.07) is 23.3. The van der Waals surface area contributed by atoms with Crippen LogP contribution in [0, 0.1) is 5.92 Å². The number of thiazole rings is 1. The lowest BCUT2D eigenvalue weighted by Gasteiger charge is -2.43. The van der Waals surface area contributed by atoms with Crippen LogP contribution in [-0.2, 0) is 24.5 Å². The molecule has 0 saturated carbocycles. The molecule has 2 atom stereocenters. The largest absolute Gasteiger partial charge is 0.481 e. The standard InChI is InChI=1S/C41H43N7O5S/c1-53-36-11-10-30(21-42-36)38-43-22-32(54-38)23-45-16-12-33(35(24-45)29-7-3-2-4-8-29)39(50)46-18-14-41(52,15-19-46)26-47-27-44-37-34(40(47)51)13-17-48(37)31-9-5-6-28(20-31)25-49/h2-11,13,17,20-22,27,33,35,49,52H,12,14-16,18-19,23-26H2,1H3/t33-,35+/m1/s1. The number of piperidine rings is 2. The molecule has 2 N–H and O–H groups in total. The number of fused-ring (bicyclic) bond motifs is 1. The average Bonchev–Trinajstić information content (AvgIpc) is 3.87. The van der Waals surface area contributed by atoms with Crippen LogP contribution in [0.5, 0.6) is 5.88 Å². The molecule has 13 heteroatoms. The number of methoxy groups -OCH3 is 1. The number of carbonyl (C=O) groups is 1. The molecule has 0 aliphatic carbocycles. The molecule has 6 aromatic rings. The van der Waals surface area contributed by atoms with E-state index in [-0.39, 0.29) is 36.5 Å². The lowest BCUT2D eigenvalue weighted by molar-refractivity contribution is -0.142. The van der Waals surface area contributed by atoms with Gasteiger partial charge in [-0.15, -0.1) is 11.3 Å². The molecule has 6 heterocycles. The van der Waals surface area contributed by atoms with E-state index in [1.54, 1.807) is 36.9 Å². The van der Waals surface area contributed by atoms with Crippen molar-refractivity contribution in [3.05, 3.63) is 124 Å². The molecule has 0 spiro atoms. The molecule has 0 unspecified atom stereocenters. The Kier molecular flexibility index (Phi) is 10.1. The highest BCUT2D eigenvalue weighted by atomic mass is 32.1. The maximum atomic E-state index is 14.3. The summed E-state index contributed by atoms with van der Waals surface area (Å²) >= 11 is 1.66. The number of benzene rings is 2. The van der Waals surface area contributed by atoms with Crippen LogP contribution < -0.4 is 10.3 Å². The molecule has 4 aromatic heterocycles. The van der Waals surface area contributed by atoms with Crippen molar-refractivity contribution in [1.29, 1.82) is 0 Å². The third-order valence-corrected chi connectivity index (χ3v) is 11.9. The predicted molar refractivity (Wildman–Crippen MR) is 206 cm³/mol. The second-order valence-corrected chi connectivity index (χ2v) is 15.5. The molecule has 0 radical (unpaired) electrons. The fraction of sp³-hybridized carbons (Fsp3) is 0.341. The number of pyridine rings is 1. The van der Waals surface area contributed by atoms with E-state index in [1.807, 2.05) is 70.3 Å². The second-order valence-electron chi connectivity index (χ2n) is 14.3. The first-order valence-electron chi connectivity index (χ1n) is 18.3. The number of hydrogen-bond donors (Lipinski definition) is 2. The quantitative estimate of drug-likeness (QED) is 0.201. The number of aliphatic hydroxyl groups is 2. The van der Waals surface area contributed by atoms with Crippen LogP contribution in [0.15, 0.2) is 103 Å². The van der Waals surface area contributed by atoms with Gasteiger partial charge in [0.25, 0.3) is 5.56 Å². The van der Waals surface area contributed by atoms with Crippen molar-refractivity contribution in [3.8, 4) is 22.1 Å². The summed E-state index contributed by atoms with van der Waals surface area (Å²) in [4.78, 5) is 46.9. The predicted octanol–water partition coefficient (Wildman–Crippen LogP) is 4.87. The Balaban J connectivity index is 0.923. The maximum Gasteiger partial charge on any atom is 0.262 e. The molecule has 8 rings (SSSR count). The lowest BCUT2D eigenvalue weighted by atomic mass is 9.79. The molecule has 12 nitrogen and oxygen atoms in total. The van der Waals surface area contributed by atoms with Gasteiger partial charge in [-0.25, -0.2) is 15.0 Å². The van der Waals surface area contributed by atoms with Gasteiger partial charge in [0.2, 0.25) is 11.8 Å². The molecule has 2 saturated heterocycles. The van der Waals surface area contributed by atoms with Gasteiger partial charge in [0.1, 0.15) is 11.3 Å². The highest BCUT2D eigenvalue weighted by molar-refractivity contribution is 7.15. The minimum atomic E-state index is -1.15. The van der Waals surface area contributed by atoms with Gasteiger partial charge in [0.05, 0.1) is 31.2 Å². The van der Waals surface area contributed by atoms with E-state index in [0.29, 0.717) is 42.8 Å². The zero-order valence-corrected chi connectivity index (χ0v) is 30.9. The maximum absolute atomic E-state index is 14.3. The summed E-state index contributed by atoms with van der Waals surface area (Å²) < 4.78 is 8.50. The molecule has 1 amide bonds. The Morgan fingerprint density at radius 2 is 1.81 bits per heavy atom. The van der Waals surface area contributed by atoms with Crippen molar-refractivity contribution in [3.63, 3.8) is 0 Å². The van der Waals surface area contributed by atoms with Crippen molar-refractivity contribution in [2.24, 2.45) is 5.92 Å². The van der Waals surface area contributed by atoms with Crippen LogP contribution in [0.4, 0.5) is 0 Å². The number of aliphatic hydroxyl groups excluding tert-OH is 1. The molecule has 2 fully saturated rings. The van der Waals surface area contributed by atoms with E-state index in [1.165, 1.54) is 10.9 Å². The van der Waals surface area contributed by atoms with Gasteiger partial charge in [0, 0.05) is 78.8 Å². The van der Waals surface area contributed by atoms with Crippen molar-refractivity contribution < 1.29 is 19.7 Å². The molecule has 2 aliphatic rings. The molecular weight excluding hydrogens is 703 g/mol. The Bertz CT molecular complexity index is 2300. The van der Waals surface area contributed by atoms with Crippen molar-refractivity contribution in [1.82, 2.24) is 33.9 Å². The first-order chi connectivity index (χ1) is 26.3. The smallest absolute Gasteiger partial charge is 0.262 e. The van der Waals surface area contributed by atoms with Gasteiger partial charge in [0.15, 0.2) is 5.65 Å². The summed E-state index contributed by atoms with van der Waals surface area (Å²) in [7, 11) is 1.60. The van der Waals surface area contributed by atoms with Gasteiger partial charge >= 0.3 is 0 Å². The van der Waals surface area contributed by atoms with Crippen LogP contribution in [0.2, 0.25) is 0 Å². The third kappa shape index (κ3) is 7.32. The van der Waals surface area contributed by atoms with Gasteiger partial charge < -0.3 is 24.4 Å². The second kappa shape index (κ2) is 15.3. The fourth-order valence-electron chi connectivity index (χ4n) is 7.89. The number of rotatable bonds is 10. The van der Waals surface area contributed by atoms with E-state index >= 15 is 0 Å². The van der Waals surface area contributed by atoms with Crippen LogP contribution in [0.25, 0.3) is 27.3 Å². The number of amides is 1. The first kappa shape index (κ1) is 35.8. The highest BCUT2D eigenvalue weighted by Gasteiger charge is 2.41. The lowest BCUT2D eigenvalue weighted by Crippen LogP contribution is -2.53. The zero-order valence-electron chi connectivity index (χ0n) is 30.1. The average molecular weight is 746 g/mol. The van der Waals surface area contributed by atoms with Crippen LogP contribution in [-0.4, -0.2) is 88.9 Å². The Morgan fingerprint density at radius 3 is 2.57 bits per heavy atom. The van der Waals surface area contributed by atoms with E-state index in [9.17, 15) is 19.8 Å². The van der Waals surface area contributed by atoms with Crippen LogP contribution in [0.1, 0.15) is 41.2 Å². The Labute approximate surface area is 316 Å². The number of likely N-dealkylation sites (tertiary alicyclic amines) is 2. The van der Waals surface area contributed by atoms with Gasteiger partial charge in [-0.05, 0) is 61.2 Å².